The van der Waals surface area contributed by atoms with E-state index in [2.05, 4.69) is 37.4 Å². The number of carbonyl (C=O) groups is 1. The molecule has 1 aromatic heterocycles. The maximum absolute atomic E-state index is 12.9. The van der Waals surface area contributed by atoms with Crippen molar-refractivity contribution >= 4 is 39.9 Å². The average molecular weight is 563 g/mol. The van der Waals surface area contributed by atoms with Crippen molar-refractivity contribution in [2.45, 2.75) is 6.54 Å². The van der Waals surface area contributed by atoms with Gasteiger partial charge in [0.25, 0.3) is 0 Å². The Bertz CT molecular complexity index is 1510. The molecule has 10 nitrogen and oxygen atoms in total. The largest absolute Gasteiger partial charge is 0.493 e. The zero-order valence-electron chi connectivity index (χ0n) is 22.6. The third-order valence-corrected chi connectivity index (χ3v) is 7.08. The number of para-hydroxylation sites is 1. The van der Waals surface area contributed by atoms with Crippen molar-refractivity contribution < 1.29 is 19.0 Å². The number of benzene rings is 3. The Morgan fingerprint density at radius 2 is 1.65 bits per heavy atom. The molecule has 2 heterocycles. The molecular weight excluding hydrogens is 532 g/mol. The summed E-state index contributed by atoms with van der Waals surface area (Å²) in [5.74, 6) is 1.86. The first-order chi connectivity index (χ1) is 19.4. The number of rotatable bonds is 8. The number of anilines is 2. The van der Waals surface area contributed by atoms with Crippen LogP contribution in [0.25, 0.3) is 10.9 Å². The second-order valence-corrected chi connectivity index (χ2v) is 9.87. The van der Waals surface area contributed by atoms with E-state index in [1.807, 2.05) is 24.3 Å². The Morgan fingerprint density at radius 3 is 2.40 bits per heavy atom. The first-order valence-electron chi connectivity index (χ1n) is 12.8. The van der Waals surface area contributed by atoms with Crippen LogP contribution in [-0.4, -0.2) is 73.2 Å². The van der Waals surface area contributed by atoms with E-state index in [4.69, 9.17) is 25.8 Å². The number of urea groups is 1. The maximum Gasteiger partial charge on any atom is 0.323 e. The van der Waals surface area contributed by atoms with Crippen LogP contribution in [0.4, 0.5) is 16.2 Å². The van der Waals surface area contributed by atoms with Crippen molar-refractivity contribution in [1.82, 2.24) is 19.8 Å². The number of halogens is 1. The van der Waals surface area contributed by atoms with Crippen LogP contribution in [0.3, 0.4) is 0 Å². The van der Waals surface area contributed by atoms with Gasteiger partial charge < -0.3 is 29.7 Å². The molecule has 1 fully saturated rings. The number of aromatic nitrogens is 2. The molecule has 0 unspecified atom stereocenters. The van der Waals surface area contributed by atoms with E-state index in [0.717, 1.165) is 44.0 Å². The lowest BCUT2D eigenvalue weighted by molar-refractivity contribution is 0.148. The summed E-state index contributed by atoms with van der Waals surface area (Å²) in [7, 11) is 5.25. The van der Waals surface area contributed by atoms with Gasteiger partial charge in [-0.25, -0.2) is 14.8 Å². The van der Waals surface area contributed by atoms with E-state index in [9.17, 15) is 4.79 Å². The van der Waals surface area contributed by atoms with Gasteiger partial charge in [-0.2, -0.15) is 0 Å². The van der Waals surface area contributed by atoms with Gasteiger partial charge in [-0.15, -0.1) is 0 Å². The standard InChI is InChI=1S/C29H31ClN6O4/c1-35-10-12-36(13-11-35)17-19-6-4-5-7-23(19)33-29(37)34-24-9-8-20(14-22(24)30)40-28-21-15-26(38-2)27(39-3)16-25(21)31-18-32-28/h4-9,14-16,18H,10-13,17H2,1-3H3,(H2,33,34,37). The van der Waals surface area contributed by atoms with Gasteiger partial charge in [-0.1, -0.05) is 29.8 Å². The van der Waals surface area contributed by atoms with E-state index in [-0.39, 0.29) is 6.03 Å². The number of nitrogens with zero attached hydrogens (tertiary/aromatic N) is 4. The van der Waals surface area contributed by atoms with Gasteiger partial charge in [0.2, 0.25) is 5.88 Å². The lowest BCUT2D eigenvalue weighted by atomic mass is 10.1. The number of piperazine rings is 1. The van der Waals surface area contributed by atoms with E-state index in [0.29, 0.717) is 44.7 Å². The summed E-state index contributed by atoms with van der Waals surface area (Å²) in [6, 6.07) is 16.0. The van der Waals surface area contributed by atoms with Crippen LogP contribution in [0.2, 0.25) is 5.02 Å². The summed E-state index contributed by atoms with van der Waals surface area (Å²) in [6.07, 6.45) is 1.41. The lowest BCUT2D eigenvalue weighted by Crippen LogP contribution is -2.44. The quantitative estimate of drug-likeness (QED) is 0.291. The molecule has 1 aliphatic rings. The van der Waals surface area contributed by atoms with Crippen LogP contribution in [0, 0.1) is 0 Å². The molecule has 40 heavy (non-hydrogen) atoms. The van der Waals surface area contributed by atoms with Gasteiger partial charge >= 0.3 is 6.03 Å². The van der Waals surface area contributed by atoms with Crippen molar-refractivity contribution in [3.8, 4) is 23.1 Å². The first-order valence-corrected chi connectivity index (χ1v) is 13.2. The summed E-state index contributed by atoms with van der Waals surface area (Å²) >= 11 is 6.52. The molecule has 0 spiro atoms. The summed E-state index contributed by atoms with van der Waals surface area (Å²) in [4.78, 5) is 26.2. The minimum absolute atomic E-state index is 0.316. The van der Waals surface area contributed by atoms with Crippen LogP contribution >= 0.6 is 11.6 Å². The molecule has 2 N–H and O–H groups in total. The maximum atomic E-state index is 12.9. The minimum Gasteiger partial charge on any atom is -0.493 e. The normalized spacial score (nSPS) is 14.1. The molecule has 0 bridgehead atoms. The zero-order chi connectivity index (χ0) is 28.1. The molecule has 11 heteroatoms. The Labute approximate surface area is 237 Å². The molecule has 5 rings (SSSR count). The molecule has 2 amide bonds. The minimum atomic E-state index is -0.385. The van der Waals surface area contributed by atoms with Crippen LogP contribution in [0.15, 0.2) is 60.9 Å². The number of nitrogens with one attached hydrogen (secondary N) is 2. The van der Waals surface area contributed by atoms with Gasteiger partial charge in [0.15, 0.2) is 11.5 Å². The number of ether oxygens (including phenoxy) is 3. The molecule has 4 aromatic rings. The first kappa shape index (κ1) is 27.4. The smallest absolute Gasteiger partial charge is 0.323 e. The van der Waals surface area contributed by atoms with Crippen molar-refractivity contribution in [3.63, 3.8) is 0 Å². The van der Waals surface area contributed by atoms with Crippen molar-refractivity contribution in [3.05, 3.63) is 71.5 Å². The highest BCUT2D eigenvalue weighted by molar-refractivity contribution is 6.34. The highest BCUT2D eigenvalue weighted by Crippen LogP contribution is 2.37. The Balaban J connectivity index is 1.26. The van der Waals surface area contributed by atoms with E-state index < -0.39 is 0 Å². The van der Waals surface area contributed by atoms with Crippen LogP contribution in [-0.2, 0) is 6.54 Å². The number of methoxy groups -OCH3 is 2. The Hall–Kier alpha value is -4.12. The fraction of sp³-hybridized carbons (Fsp3) is 0.276. The van der Waals surface area contributed by atoms with Crippen molar-refractivity contribution in [2.75, 3.05) is 58.1 Å². The summed E-state index contributed by atoms with van der Waals surface area (Å²) in [5, 5.41) is 6.76. The van der Waals surface area contributed by atoms with Gasteiger partial charge in [-0.3, -0.25) is 4.90 Å². The Kier molecular flexibility index (Phi) is 8.49. The fourth-order valence-corrected chi connectivity index (χ4v) is 4.73. The number of fused-ring (bicyclic) bond motifs is 1. The third-order valence-electron chi connectivity index (χ3n) is 6.76. The van der Waals surface area contributed by atoms with Crippen LogP contribution in [0.1, 0.15) is 5.56 Å². The molecule has 3 aromatic carbocycles. The predicted octanol–water partition coefficient (Wildman–Crippen LogP) is 5.48. The molecule has 208 valence electrons. The number of hydrogen-bond donors (Lipinski definition) is 2. The molecule has 1 saturated heterocycles. The average Bonchev–Trinajstić information content (AvgIpc) is 2.96. The second-order valence-electron chi connectivity index (χ2n) is 9.46. The Morgan fingerprint density at radius 1 is 0.925 bits per heavy atom. The van der Waals surface area contributed by atoms with E-state index in [1.165, 1.54) is 6.33 Å². The molecule has 0 aliphatic carbocycles. The highest BCUT2D eigenvalue weighted by Gasteiger charge is 2.17. The highest BCUT2D eigenvalue weighted by atomic mass is 35.5. The number of hydrogen-bond acceptors (Lipinski definition) is 8. The molecule has 0 saturated carbocycles. The van der Waals surface area contributed by atoms with Gasteiger partial charge in [0.1, 0.15) is 12.1 Å². The molecule has 0 radical (unpaired) electrons. The third kappa shape index (κ3) is 6.36. The summed E-state index contributed by atoms with van der Waals surface area (Å²) < 4.78 is 16.8. The van der Waals surface area contributed by atoms with E-state index in [1.54, 1.807) is 44.6 Å². The van der Waals surface area contributed by atoms with Crippen LogP contribution in [0.5, 0.6) is 23.1 Å². The second kappa shape index (κ2) is 12.4. The fourth-order valence-electron chi connectivity index (χ4n) is 4.52. The summed E-state index contributed by atoms with van der Waals surface area (Å²) in [5.41, 5.74) is 2.90. The molecule has 1 aliphatic heterocycles. The number of amides is 2. The van der Waals surface area contributed by atoms with Gasteiger partial charge in [0.05, 0.1) is 35.8 Å². The SMILES string of the molecule is COc1cc2ncnc(Oc3ccc(NC(=O)Nc4ccccc4CN4CCN(C)CC4)c(Cl)c3)c2cc1OC. The monoisotopic (exact) mass is 562 g/mol. The predicted molar refractivity (Wildman–Crippen MR) is 156 cm³/mol. The van der Waals surface area contributed by atoms with E-state index >= 15 is 0 Å². The topological polar surface area (TPSA) is 101 Å². The zero-order valence-corrected chi connectivity index (χ0v) is 23.4. The summed E-state index contributed by atoms with van der Waals surface area (Å²) in [6.45, 7) is 4.82. The van der Waals surface area contributed by atoms with Crippen LogP contribution < -0.4 is 24.8 Å². The lowest BCUT2D eigenvalue weighted by Gasteiger charge is -2.32. The van der Waals surface area contributed by atoms with Gasteiger partial charge in [0, 0.05) is 50.5 Å². The molecular formula is C29H31ClN6O4. The van der Waals surface area contributed by atoms with Gasteiger partial charge in [-0.05, 0) is 36.9 Å². The number of carbonyl (C=O) groups excluding carboxylic acids is 1. The van der Waals surface area contributed by atoms with Crippen molar-refractivity contribution in [2.24, 2.45) is 0 Å². The van der Waals surface area contributed by atoms with Crippen molar-refractivity contribution in [1.29, 1.82) is 0 Å². The number of likely N-dealkylation sites (N-methyl/N-ethyl adjacent to an activating group) is 1. The molecule has 0 atom stereocenters.